The molecule has 0 radical (unpaired) electrons. The van der Waals surface area contributed by atoms with Crippen molar-refractivity contribution in [3.63, 3.8) is 0 Å². The lowest BCUT2D eigenvalue weighted by molar-refractivity contribution is -0.161. The van der Waals surface area contributed by atoms with E-state index in [1.165, 1.54) is 238 Å². The molecular formula is C82H160O17P2. The van der Waals surface area contributed by atoms with Crippen LogP contribution in [0.3, 0.4) is 0 Å². The van der Waals surface area contributed by atoms with E-state index in [1.54, 1.807) is 0 Å². The van der Waals surface area contributed by atoms with E-state index in [-0.39, 0.29) is 25.7 Å². The van der Waals surface area contributed by atoms with Gasteiger partial charge >= 0.3 is 39.5 Å². The Hall–Kier alpha value is -1.94. The number of ether oxygens (including phenoxy) is 4. The van der Waals surface area contributed by atoms with Gasteiger partial charge in [0.05, 0.1) is 26.4 Å². The summed E-state index contributed by atoms with van der Waals surface area (Å²) in [5, 5.41) is 10.7. The van der Waals surface area contributed by atoms with E-state index >= 15 is 0 Å². The Morgan fingerprint density at radius 1 is 0.267 bits per heavy atom. The van der Waals surface area contributed by atoms with Crippen LogP contribution in [-0.2, 0) is 65.4 Å². The minimum atomic E-state index is -4.96. The van der Waals surface area contributed by atoms with Crippen LogP contribution < -0.4 is 0 Å². The van der Waals surface area contributed by atoms with Crippen LogP contribution in [0.25, 0.3) is 0 Å². The first-order valence-corrected chi connectivity index (χ1v) is 45.3. The maximum Gasteiger partial charge on any atom is 0.472 e. The van der Waals surface area contributed by atoms with Gasteiger partial charge in [0.25, 0.3) is 0 Å². The highest BCUT2D eigenvalue weighted by molar-refractivity contribution is 7.47. The second kappa shape index (κ2) is 72.3. The van der Waals surface area contributed by atoms with Crippen LogP contribution in [0.2, 0.25) is 0 Å². The zero-order valence-electron chi connectivity index (χ0n) is 66.4. The summed E-state index contributed by atoms with van der Waals surface area (Å²) in [5.41, 5.74) is 0. The van der Waals surface area contributed by atoms with Gasteiger partial charge in [-0.1, -0.05) is 376 Å². The van der Waals surface area contributed by atoms with E-state index in [1.807, 2.05) is 0 Å². The van der Waals surface area contributed by atoms with Crippen molar-refractivity contribution in [1.82, 2.24) is 0 Å². The van der Waals surface area contributed by atoms with Crippen molar-refractivity contribution in [2.45, 2.75) is 446 Å². The molecule has 0 aromatic carbocycles. The minimum absolute atomic E-state index is 0.107. The minimum Gasteiger partial charge on any atom is -0.462 e. The van der Waals surface area contributed by atoms with Crippen molar-refractivity contribution in [2.24, 2.45) is 17.8 Å². The van der Waals surface area contributed by atoms with E-state index in [0.717, 1.165) is 108 Å². The highest BCUT2D eigenvalue weighted by Gasteiger charge is 2.30. The molecule has 0 bridgehead atoms. The van der Waals surface area contributed by atoms with Crippen LogP contribution in [0.4, 0.5) is 0 Å². The predicted octanol–water partition coefficient (Wildman–Crippen LogP) is 24.5. The lowest BCUT2D eigenvalue weighted by Gasteiger charge is -2.21. The monoisotopic (exact) mass is 1480 g/mol. The molecule has 0 spiro atoms. The molecule has 2 unspecified atom stereocenters. The third kappa shape index (κ3) is 76.1. The standard InChI is InChI=1S/C82H160O17P2/c1-8-9-10-11-12-13-14-21-29-36-44-51-58-65-81(86)99-78(70-93-80(85)64-57-50-43-38-31-34-41-48-55-62-75(6)7)72-97-101(90,91)95-68-76(83)67-94-100(88,89)96-71-77(98-82(87)66-59-52-45-37-30-25-20-16-18-23-27-33-40-47-54-61-74(4)5)69-92-79(84)63-56-49-42-35-28-24-19-15-17-22-26-32-39-46-53-60-73(2)3/h73-78,83H,8-72H2,1-7H3,(H,88,89)(H,90,91)/t76-,77-,78-/m1/s1. The van der Waals surface area contributed by atoms with Crippen molar-refractivity contribution >= 4 is 39.5 Å². The first-order valence-electron chi connectivity index (χ1n) is 42.3. The van der Waals surface area contributed by atoms with Gasteiger partial charge in [-0.3, -0.25) is 37.3 Å². The van der Waals surface area contributed by atoms with Gasteiger partial charge in [-0.2, -0.15) is 0 Å². The fraction of sp³-hybridized carbons (Fsp3) is 0.951. The summed E-state index contributed by atoms with van der Waals surface area (Å²) in [6, 6.07) is 0. The zero-order valence-corrected chi connectivity index (χ0v) is 68.2. The fourth-order valence-corrected chi connectivity index (χ4v) is 14.2. The molecular weight excluding hydrogens is 1320 g/mol. The molecule has 0 rings (SSSR count). The van der Waals surface area contributed by atoms with Gasteiger partial charge < -0.3 is 33.8 Å². The van der Waals surface area contributed by atoms with Crippen LogP contribution in [0.1, 0.15) is 427 Å². The number of unbranched alkanes of at least 4 members (excludes halogenated alkanes) is 48. The number of carbonyl (C=O) groups excluding carboxylic acids is 4. The molecule has 0 saturated heterocycles. The Morgan fingerprint density at radius 2 is 0.455 bits per heavy atom. The summed E-state index contributed by atoms with van der Waals surface area (Å²) in [5.74, 6) is 0.245. The summed E-state index contributed by atoms with van der Waals surface area (Å²) in [4.78, 5) is 73.1. The second-order valence-corrected chi connectivity index (χ2v) is 33.8. The van der Waals surface area contributed by atoms with E-state index in [2.05, 4.69) is 48.5 Å². The third-order valence-electron chi connectivity index (χ3n) is 19.1. The van der Waals surface area contributed by atoms with Crippen molar-refractivity contribution in [3.05, 3.63) is 0 Å². The molecule has 0 aliphatic carbocycles. The summed E-state index contributed by atoms with van der Waals surface area (Å²) in [7, 11) is -9.92. The molecule has 17 nitrogen and oxygen atoms in total. The Balaban J connectivity index is 5.25. The Morgan fingerprint density at radius 3 is 0.673 bits per heavy atom. The van der Waals surface area contributed by atoms with E-state index in [0.29, 0.717) is 25.7 Å². The Labute approximate surface area is 619 Å². The topological polar surface area (TPSA) is 237 Å². The molecule has 0 aromatic heterocycles. The molecule has 0 fully saturated rings. The number of hydrogen-bond donors (Lipinski definition) is 3. The summed E-state index contributed by atoms with van der Waals surface area (Å²) in [6.07, 6.45) is 61.0. The fourth-order valence-electron chi connectivity index (χ4n) is 12.7. The summed E-state index contributed by atoms with van der Waals surface area (Å²) < 4.78 is 68.8. The van der Waals surface area contributed by atoms with Crippen molar-refractivity contribution in [2.75, 3.05) is 39.6 Å². The molecule has 0 heterocycles. The molecule has 0 aliphatic rings. The Kier molecular flexibility index (Phi) is 70.9. The smallest absolute Gasteiger partial charge is 0.462 e. The number of esters is 4. The van der Waals surface area contributed by atoms with E-state index in [9.17, 15) is 43.2 Å². The van der Waals surface area contributed by atoms with E-state index < -0.39 is 97.5 Å². The number of aliphatic hydroxyl groups is 1. The van der Waals surface area contributed by atoms with Crippen molar-refractivity contribution in [1.29, 1.82) is 0 Å². The molecule has 3 N–H and O–H groups in total. The summed E-state index contributed by atoms with van der Waals surface area (Å²) >= 11 is 0. The first-order chi connectivity index (χ1) is 48.7. The maximum absolute atomic E-state index is 13.1. The highest BCUT2D eigenvalue weighted by Crippen LogP contribution is 2.45. The van der Waals surface area contributed by atoms with Gasteiger partial charge in [-0.15, -0.1) is 0 Å². The average Bonchev–Trinajstić information content (AvgIpc) is 0.974. The SMILES string of the molecule is CCCCCCCCCCCCCCCC(=O)O[C@H](COC(=O)CCCCCCCCCCCC(C)C)COP(=O)(O)OC[C@H](O)COP(=O)(O)OC[C@@H](COC(=O)CCCCCCCCCCCCCCCCCC(C)C)OC(=O)CCCCCCCCCCCCCCCCCC(C)C. The van der Waals surface area contributed by atoms with Gasteiger partial charge in [-0.05, 0) is 43.4 Å². The average molecular weight is 1480 g/mol. The molecule has 0 aliphatic heterocycles. The van der Waals surface area contributed by atoms with Gasteiger partial charge in [0.2, 0.25) is 0 Å². The van der Waals surface area contributed by atoms with Crippen molar-refractivity contribution in [3.8, 4) is 0 Å². The quantitative estimate of drug-likeness (QED) is 0.0222. The molecule has 19 heteroatoms. The zero-order chi connectivity index (χ0) is 74.4. The lowest BCUT2D eigenvalue weighted by atomic mass is 10.0. The molecule has 101 heavy (non-hydrogen) atoms. The molecule has 600 valence electrons. The molecule has 5 atom stereocenters. The van der Waals surface area contributed by atoms with Crippen LogP contribution in [-0.4, -0.2) is 96.7 Å². The second-order valence-electron chi connectivity index (χ2n) is 30.9. The predicted molar refractivity (Wildman–Crippen MR) is 414 cm³/mol. The van der Waals surface area contributed by atoms with Crippen molar-refractivity contribution < 1.29 is 80.2 Å². The van der Waals surface area contributed by atoms with Crippen LogP contribution >= 0.6 is 15.6 Å². The van der Waals surface area contributed by atoms with Crippen LogP contribution in [0, 0.1) is 17.8 Å². The Bertz CT molecular complexity index is 1960. The van der Waals surface area contributed by atoms with Gasteiger partial charge in [0, 0.05) is 25.7 Å². The van der Waals surface area contributed by atoms with Gasteiger partial charge in [0.1, 0.15) is 19.3 Å². The van der Waals surface area contributed by atoms with E-state index in [4.69, 9.17) is 37.0 Å². The first kappa shape index (κ1) is 99.1. The summed E-state index contributed by atoms with van der Waals surface area (Å²) in [6.45, 7) is 12.0. The number of phosphoric acid groups is 2. The molecule has 0 aromatic rings. The lowest BCUT2D eigenvalue weighted by Crippen LogP contribution is -2.30. The number of aliphatic hydroxyl groups excluding tert-OH is 1. The third-order valence-corrected chi connectivity index (χ3v) is 21.0. The van der Waals surface area contributed by atoms with Crippen LogP contribution in [0.15, 0.2) is 0 Å². The van der Waals surface area contributed by atoms with Crippen LogP contribution in [0.5, 0.6) is 0 Å². The van der Waals surface area contributed by atoms with Gasteiger partial charge in [-0.25, -0.2) is 9.13 Å². The number of carbonyl (C=O) groups is 4. The molecule has 0 amide bonds. The van der Waals surface area contributed by atoms with Gasteiger partial charge in [0.15, 0.2) is 12.2 Å². The maximum atomic E-state index is 13.1. The highest BCUT2D eigenvalue weighted by atomic mass is 31.2. The number of rotatable bonds is 80. The largest absolute Gasteiger partial charge is 0.472 e. The number of hydrogen-bond acceptors (Lipinski definition) is 15. The number of phosphoric ester groups is 2. The molecule has 0 saturated carbocycles. The normalized spacial score (nSPS) is 14.0.